The molecule has 4 nitrogen and oxygen atoms in total. The SMILES string of the molecule is Cc1ccc2ccccc2c1.[O]=[Cr](=[O])([OH])[OH]. The monoisotopic (exact) mass is 260 g/mol. The van der Waals surface area contributed by atoms with Crippen LogP contribution < -0.4 is 0 Å². The molecule has 0 heterocycles. The second-order valence-corrected chi connectivity index (χ2v) is 4.70. The van der Waals surface area contributed by atoms with E-state index in [9.17, 15) is 0 Å². The van der Waals surface area contributed by atoms with Crippen LogP contribution in [-0.2, 0) is 21.2 Å². The molecule has 0 aliphatic heterocycles. The zero-order chi connectivity index (χ0) is 12.2. The molecule has 2 aromatic rings. The van der Waals surface area contributed by atoms with E-state index in [1.54, 1.807) is 0 Å². The minimum atomic E-state index is -5.25. The molecule has 2 N–H and O–H groups in total. The number of rotatable bonds is 0. The maximum absolute atomic E-state index is 8.82. The van der Waals surface area contributed by atoms with Gasteiger partial charge in [0.2, 0.25) is 0 Å². The normalized spacial score (nSPS) is 10.7. The van der Waals surface area contributed by atoms with Gasteiger partial charge in [0, 0.05) is 0 Å². The predicted molar refractivity (Wildman–Crippen MR) is 54.5 cm³/mol. The van der Waals surface area contributed by atoms with Crippen molar-refractivity contribution < 1.29 is 29.5 Å². The Labute approximate surface area is 95.5 Å². The summed E-state index contributed by atoms with van der Waals surface area (Å²) in [7, 11) is 0. The van der Waals surface area contributed by atoms with Crippen molar-refractivity contribution in [1.82, 2.24) is 0 Å². The summed E-state index contributed by atoms with van der Waals surface area (Å²) in [5.74, 6) is 0. The number of benzene rings is 2. The number of hydrogen-bond acceptors (Lipinski definition) is 2. The van der Waals surface area contributed by atoms with Gasteiger partial charge in [-0.15, -0.1) is 0 Å². The summed E-state index contributed by atoms with van der Waals surface area (Å²) in [6.07, 6.45) is 0. The first-order chi connectivity index (χ1) is 7.36. The van der Waals surface area contributed by atoms with E-state index in [4.69, 9.17) is 15.9 Å². The van der Waals surface area contributed by atoms with E-state index >= 15 is 0 Å². The van der Waals surface area contributed by atoms with Crippen LogP contribution >= 0.6 is 0 Å². The molecule has 0 unspecified atom stereocenters. The fraction of sp³-hybridized carbons (Fsp3) is 0.0909. The third-order valence-corrected chi connectivity index (χ3v) is 1.90. The van der Waals surface area contributed by atoms with Gasteiger partial charge in [-0.1, -0.05) is 48.0 Å². The van der Waals surface area contributed by atoms with Crippen molar-refractivity contribution in [1.29, 1.82) is 0 Å². The Bertz CT molecular complexity index is 567. The first kappa shape index (κ1) is 12.8. The van der Waals surface area contributed by atoms with Crippen LogP contribution in [0.5, 0.6) is 0 Å². The van der Waals surface area contributed by atoms with E-state index < -0.39 is 13.6 Å². The van der Waals surface area contributed by atoms with E-state index in [2.05, 4.69) is 49.4 Å². The molecule has 0 aliphatic rings. The van der Waals surface area contributed by atoms with Crippen LogP contribution in [0, 0.1) is 6.92 Å². The Hall–Kier alpha value is -1.25. The Morgan fingerprint density at radius 1 is 0.938 bits per heavy atom. The van der Waals surface area contributed by atoms with Crippen molar-refractivity contribution in [2.45, 2.75) is 6.92 Å². The molecular weight excluding hydrogens is 248 g/mol. The summed E-state index contributed by atoms with van der Waals surface area (Å²) in [4.78, 5) is 0. The molecule has 0 aliphatic carbocycles. The fourth-order valence-corrected chi connectivity index (χ4v) is 1.31. The van der Waals surface area contributed by atoms with Crippen molar-refractivity contribution in [2.24, 2.45) is 0 Å². The molecule has 0 saturated heterocycles. The summed E-state index contributed by atoms with van der Waals surface area (Å²) in [5, 5.41) is 2.64. The van der Waals surface area contributed by atoms with Crippen molar-refractivity contribution in [3.8, 4) is 0 Å². The summed E-state index contributed by atoms with van der Waals surface area (Å²) in [6, 6.07) is 14.9. The summed E-state index contributed by atoms with van der Waals surface area (Å²) in [5.41, 5.74) is 1.32. The average molecular weight is 260 g/mol. The van der Waals surface area contributed by atoms with Crippen LogP contribution in [0.4, 0.5) is 0 Å². The van der Waals surface area contributed by atoms with Gasteiger partial charge in [-0.25, -0.2) is 0 Å². The quantitative estimate of drug-likeness (QED) is 0.757. The Morgan fingerprint density at radius 2 is 1.44 bits per heavy atom. The number of aryl methyl sites for hydroxylation is 1. The molecular formula is C11H12CrO4. The van der Waals surface area contributed by atoms with E-state index in [1.165, 1.54) is 16.3 Å². The number of hydrogen-bond donors (Lipinski definition) is 2. The number of fused-ring (bicyclic) bond motifs is 1. The van der Waals surface area contributed by atoms with Gasteiger partial charge >= 0.3 is 29.5 Å². The average Bonchev–Trinajstić information content (AvgIpc) is 2.15. The van der Waals surface area contributed by atoms with Crippen LogP contribution in [0.3, 0.4) is 0 Å². The third-order valence-electron chi connectivity index (χ3n) is 1.90. The van der Waals surface area contributed by atoms with Gasteiger partial charge in [-0.3, -0.25) is 0 Å². The molecule has 2 rings (SSSR count). The van der Waals surface area contributed by atoms with Crippen LogP contribution in [0.25, 0.3) is 10.8 Å². The first-order valence-corrected chi connectivity index (χ1v) is 6.70. The van der Waals surface area contributed by atoms with Crippen LogP contribution in [0.1, 0.15) is 5.56 Å². The fourth-order valence-electron chi connectivity index (χ4n) is 1.31. The molecule has 0 spiro atoms. The van der Waals surface area contributed by atoms with Gasteiger partial charge < -0.3 is 0 Å². The van der Waals surface area contributed by atoms with Crippen molar-refractivity contribution >= 4 is 10.8 Å². The second-order valence-electron chi connectivity index (χ2n) is 3.30. The van der Waals surface area contributed by atoms with Crippen molar-refractivity contribution in [3.05, 3.63) is 48.0 Å². The van der Waals surface area contributed by atoms with Gasteiger partial charge in [0.05, 0.1) is 0 Å². The minimum absolute atomic E-state index is 1.32. The van der Waals surface area contributed by atoms with Gasteiger partial charge in [0.1, 0.15) is 0 Å². The standard InChI is InChI=1S/C11H10.Cr.2H2O.2O/c1-9-6-7-10-4-2-3-5-11(10)8-9;;;;;/h2-8H,1H3;;2*1H2;;/q;+2;;;;/p-2. The van der Waals surface area contributed by atoms with E-state index in [-0.39, 0.29) is 0 Å². The van der Waals surface area contributed by atoms with E-state index in [0.717, 1.165) is 0 Å². The molecule has 0 radical (unpaired) electrons. The summed E-state index contributed by atoms with van der Waals surface area (Å²) < 4.78 is 31.9. The summed E-state index contributed by atoms with van der Waals surface area (Å²) >= 11 is -5.25. The zero-order valence-electron chi connectivity index (χ0n) is 8.66. The van der Waals surface area contributed by atoms with Crippen molar-refractivity contribution in [2.75, 3.05) is 0 Å². The molecule has 16 heavy (non-hydrogen) atoms. The van der Waals surface area contributed by atoms with Gasteiger partial charge in [-0.2, -0.15) is 0 Å². The van der Waals surface area contributed by atoms with Gasteiger partial charge in [0.15, 0.2) is 0 Å². The van der Waals surface area contributed by atoms with E-state index in [1.807, 2.05) is 0 Å². The third kappa shape index (κ3) is 5.01. The molecule has 86 valence electrons. The topological polar surface area (TPSA) is 74.6 Å². The first-order valence-electron chi connectivity index (χ1n) is 4.51. The van der Waals surface area contributed by atoms with Gasteiger partial charge in [0.25, 0.3) is 0 Å². The molecule has 0 aromatic heterocycles. The summed E-state index contributed by atoms with van der Waals surface area (Å²) in [6.45, 7) is 2.12. The zero-order valence-corrected chi connectivity index (χ0v) is 9.94. The molecule has 5 heteroatoms. The van der Waals surface area contributed by atoms with Crippen LogP contribution in [-0.4, -0.2) is 8.32 Å². The van der Waals surface area contributed by atoms with Crippen molar-refractivity contribution in [3.63, 3.8) is 0 Å². The van der Waals surface area contributed by atoms with E-state index in [0.29, 0.717) is 0 Å². The molecule has 0 amide bonds. The predicted octanol–water partition coefficient (Wildman–Crippen LogP) is 1.79. The Morgan fingerprint density at radius 3 is 2.00 bits per heavy atom. The maximum atomic E-state index is 8.82. The Kier molecular flexibility index (Phi) is 4.16. The molecule has 2 aromatic carbocycles. The second kappa shape index (κ2) is 5.19. The molecule has 0 bridgehead atoms. The molecule has 0 saturated carbocycles. The molecule has 0 fully saturated rings. The van der Waals surface area contributed by atoms with Crippen LogP contribution in [0.15, 0.2) is 42.5 Å². The van der Waals surface area contributed by atoms with Crippen LogP contribution in [0.2, 0.25) is 0 Å². The molecule has 0 atom stereocenters. The Balaban J connectivity index is 0.000000221. The van der Waals surface area contributed by atoms with Gasteiger partial charge in [-0.05, 0) is 17.7 Å².